The second kappa shape index (κ2) is 6.40. The lowest BCUT2D eigenvalue weighted by molar-refractivity contribution is -0.153. The van der Waals surface area contributed by atoms with Gasteiger partial charge in [-0.15, -0.1) is 5.10 Å². The quantitative estimate of drug-likeness (QED) is 0.724. The number of nitrogens with two attached hydrogens (primary N) is 1. The summed E-state index contributed by atoms with van der Waals surface area (Å²) >= 11 is 0. The number of ether oxygens (including phenoxy) is 1. The molecule has 0 radical (unpaired) electrons. The Hall–Kier alpha value is -2.84. The zero-order valence-corrected chi connectivity index (χ0v) is 15.3. The van der Waals surface area contributed by atoms with Gasteiger partial charge >= 0.3 is 12.2 Å². The molecule has 0 saturated carbocycles. The average Bonchev–Trinajstić information content (AvgIpc) is 2.97. The van der Waals surface area contributed by atoms with E-state index in [9.17, 15) is 13.2 Å². The first kappa shape index (κ1) is 18.9. The molecule has 0 bridgehead atoms. The van der Waals surface area contributed by atoms with Gasteiger partial charge in [0.2, 0.25) is 0 Å². The number of halogens is 3. The molecule has 2 heterocycles. The molecule has 6 nitrogen and oxygen atoms in total. The first-order valence-electron chi connectivity index (χ1n) is 8.19. The third-order valence-electron chi connectivity index (χ3n) is 3.96. The van der Waals surface area contributed by atoms with E-state index < -0.39 is 12.8 Å². The largest absolute Gasteiger partial charge is 0.484 e. The second-order valence-corrected chi connectivity index (χ2v) is 7.29. The van der Waals surface area contributed by atoms with Crippen molar-refractivity contribution in [2.75, 3.05) is 12.3 Å². The highest BCUT2D eigenvalue weighted by molar-refractivity contribution is 5.89. The molecule has 0 aliphatic carbocycles. The van der Waals surface area contributed by atoms with Crippen molar-refractivity contribution in [2.24, 2.45) is 0 Å². The zero-order valence-electron chi connectivity index (χ0n) is 15.3. The fourth-order valence-corrected chi connectivity index (χ4v) is 2.73. The average molecular weight is 380 g/mol. The predicted octanol–water partition coefficient (Wildman–Crippen LogP) is 4.41. The standard InChI is InChI=1S/C18H19F3N4O2/c1-9-5-13(15-24-25-16(22)27-15)23-14-11(9)6-10(26-8-18(19,20)21)7-12(14)17(2,3)4/h5-7H,8H2,1-4H3,(H2,22,25). The van der Waals surface area contributed by atoms with E-state index in [-0.39, 0.29) is 23.1 Å². The van der Waals surface area contributed by atoms with E-state index in [4.69, 9.17) is 14.9 Å². The van der Waals surface area contributed by atoms with Crippen LogP contribution in [-0.2, 0) is 5.41 Å². The van der Waals surface area contributed by atoms with Crippen LogP contribution in [0, 0.1) is 6.92 Å². The van der Waals surface area contributed by atoms with E-state index in [2.05, 4.69) is 15.2 Å². The predicted molar refractivity (Wildman–Crippen MR) is 94.4 cm³/mol. The monoisotopic (exact) mass is 380 g/mol. The second-order valence-electron chi connectivity index (χ2n) is 7.29. The Morgan fingerprint density at radius 2 is 1.81 bits per heavy atom. The molecule has 2 aromatic heterocycles. The fraction of sp³-hybridized carbons (Fsp3) is 0.389. The summed E-state index contributed by atoms with van der Waals surface area (Å²) in [5, 5.41) is 8.17. The van der Waals surface area contributed by atoms with Crippen molar-refractivity contribution in [3.05, 3.63) is 29.3 Å². The number of alkyl halides is 3. The Bertz CT molecular complexity index is 991. The number of hydrogen-bond acceptors (Lipinski definition) is 6. The summed E-state index contributed by atoms with van der Waals surface area (Å²) in [6.45, 7) is 6.32. The summed E-state index contributed by atoms with van der Waals surface area (Å²) in [6, 6.07) is 4.79. The van der Waals surface area contributed by atoms with E-state index in [0.717, 1.165) is 11.1 Å². The van der Waals surface area contributed by atoms with Crippen LogP contribution in [0.2, 0.25) is 0 Å². The van der Waals surface area contributed by atoms with Crippen LogP contribution in [0.3, 0.4) is 0 Å². The highest BCUT2D eigenvalue weighted by Gasteiger charge is 2.29. The summed E-state index contributed by atoms with van der Waals surface area (Å²) in [5.74, 6) is 0.319. The number of fused-ring (bicyclic) bond motifs is 1. The molecular weight excluding hydrogens is 361 g/mol. The first-order valence-corrected chi connectivity index (χ1v) is 8.19. The third kappa shape index (κ3) is 4.12. The smallest absolute Gasteiger partial charge is 0.422 e. The molecule has 1 aromatic carbocycles. The van der Waals surface area contributed by atoms with Crippen LogP contribution in [0.25, 0.3) is 22.5 Å². The van der Waals surface area contributed by atoms with E-state index >= 15 is 0 Å². The number of anilines is 1. The molecule has 2 N–H and O–H groups in total. The van der Waals surface area contributed by atoms with Gasteiger partial charge in [-0.3, -0.25) is 0 Å². The molecule has 27 heavy (non-hydrogen) atoms. The van der Waals surface area contributed by atoms with Gasteiger partial charge in [-0.05, 0) is 41.7 Å². The van der Waals surface area contributed by atoms with Gasteiger partial charge in [-0.2, -0.15) is 13.2 Å². The van der Waals surface area contributed by atoms with E-state index in [0.29, 0.717) is 16.6 Å². The maximum Gasteiger partial charge on any atom is 0.422 e. The Kier molecular flexibility index (Phi) is 4.49. The number of pyridine rings is 1. The molecule has 0 atom stereocenters. The van der Waals surface area contributed by atoms with Gasteiger partial charge in [0.1, 0.15) is 11.4 Å². The molecule has 0 amide bonds. The molecule has 0 aliphatic heterocycles. The summed E-state index contributed by atoms with van der Waals surface area (Å²) in [5.41, 5.74) is 7.70. The molecular formula is C18H19F3N4O2. The fourth-order valence-electron chi connectivity index (χ4n) is 2.73. The van der Waals surface area contributed by atoms with Gasteiger partial charge in [0.25, 0.3) is 5.89 Å². The Labute approximate surface area is 153 Å². The molecule has 0 unspecified atom stereocenters. The molecule has 144 valence electrons. The number of aromatic nitrogens is 3. The van der Waals surface area contributed by atoms with Gasteiger partial charge in [0.15, 0.2) is 6.61 Å². The van der Waals surface area contributed by atoms with Crippen molar-refractivity contribution in [1.82, 2.24) is 15.2 Å². The Balaban J connectivity index is 2.19. The van der Waals surface area contributed by atoms with Crippen LogP contribution in [0.5, 0.6) is 5.75 Å². The van der Waals surface area contributed by atoms with Crippen molar-refractivity contribution in [2.45, 2.75) is 39.3 Å². The number of rotatable bonds is 3. The minimum atomic E-state index is -4.41. The van der Waals surface area contributed by atoms with E-state index in [1.165, 1.54) is 0 Å². The number of nitrogens with zero attached hydrogens (tertiary/aromatic N) is 3. The van der Waals surface area contributed by atoms with Gasteiger partial charge in [0.05, 0.1) is 5.52 Å². The summed E-state index contributed by atoms with van der Waals surface area (Å²) in [4.78, 5) is 4.61. The van der Waals surface area contributed by atoms with Crippen LogP contribution < -0.4 is 10.5 Å². The normalized spacial score (nSPS) is 12.6. The van der Waals surface area contributed by atoms with Crippen LogP contribution >= 0.6 is 0 Å². The van der Waals surface area contributed by atoms with Gasteiger partial charge in [-0.1, -0.05) is 25.9 Å². The number of nitrogen functional groups attached to an aromatic ring is 1. The van der Waals surface area contributed by atoms with Gasteiger partial charge in [-0.25, -0.2) is 4.98 Å². The maximum atomic E-state index is 12.5. The topological polar surface area (TPSA) is 87.1 Å². The molecule has 0 fully saturated rings. The third-order valence-corrected chi connectivity index (χ3v) is 3.96. The van der Waals surface area contributed by atoms with Crippen LogP contribution in [0.4, 0.5) is 19.2 Å². The maximum absolute atomic E-state index is 12.5. The zero-order chi connectivity index (χ0) is 20.0. The molecule has 0 saturated heterocycles. The Morgan fingerprint density at radius 1 is 1.11 bits per heavy atom. The van der Waals surface area contributed by atoms with Gasteiger partial charge < -0.3 is 14.9 Å². The molecule has 0 spiro atoms. The van der Waals surface area contributed by atoms with Crippen molar-refractivity contribution < 1.29 is 22.3 Å². The lowest BCUT2D eigenvalue weighted by Gasteiger charge is -2.23. The minimum Gasteiger partial charge on any atom is -0.484 e. The summed E-state index contributed by atoms with van der Waals surface area (Å²) in [6.07, 6.45) is -4.41. The molecule has 0 aliphatic rings. The summed E-state index contributed by atoms with van der Waals surface area (Å²) < 4.78 is 47.8. The lowest BCUT2D eigenvalue weighted by Crippen LogP contribution is -2.20. The minimum absolute atomic E-state index is 0.0727. The summed E-state index contributed by atoms with van der Waals surface area (Å²) in [7, 11) is 0. The van der Waals surface area contributed by atoms with Crippen molar-refractivity contribution in [3.8, 4) is 17.3 Å². The number of benzene rings is 1. The van der Waals surface area contributed by atoms with Gasteiger partial charge in [0, 0.05) is 5.39 Å². The number of hydrogen-bond donors (Lipinski definition) is 1. The molecule has 3 rings (SSSR count). The first-order chi connectivity index (χ1) is 12.4. The van der Waals surface area contributed by atoms with E-state index in [1.807, 2.05) is 27.7 Å². The van der Waals surface area contributed by atoms with Crippen molar-refractivity contribution >= 4 is 16.9 Å². The number of aryl methyl sites for hydroxylation is 1. The Morgan fingerprint density at radius 3 is 2.37 bits per heavy atom. The van der Waals surface area contributed by atoms with Crippen LogP contribution in [-0.4, -0.2) is 28.0 Å². The van der Waals surface area contributed by atoms with E-state index in [1.54, 1.807) is 18.2 Å². The highest BCUT2D eigenvalue weighted by atomic mass is 19.4. The lowest BCUT2D eigenvalue weighted by atomic mass is 9.84. The highest BCUT2D eigenvalue weighted by Crippen LogP contribution is 2.36. The van der Waals surface area contributed by atoms with Crippen molar-refractivity contribution in [1.29, 1.82) is 0 Å². The van der Waals surface area contributed by atoms with Crippen molar-refractivity contribution in [3.63, 3.8) is 0 Å². The molecule has 3 aromatic rings. The SMILES string of the molecule is Cc1cc(-c2nnc(N)o2)nc2c(C(C)(C)C)cc(OCC(F)(F)F)cc12. The molecule has 9 heteroatoms. The van der Waals surface area contributed by atoms with Crippen LogP contribution in [0.15, 0.2) is 22.6 Å². The van der Waals surface area contributed by atoms with Crippen LogP contribution in [0.1, 0.15) is 31.9 Å².